The number of hydrogen-bond donors (Lipinski definition) is 0. The van der Waals surface area contributed by atoms with Gasteiger partial charge in [-0.2, -0.15) is 0 Å². The van der Waals surface area contributed by atoms with Crippen molar-refractivity contribution in [3.05, 3.63) is 12.2 Å². The number of carbonyl (C=O) groups excluding carboxylic acids is 1. The van der Waals surface area contributed by atoms with Gasteiger partial charge in [0.25, 0.3) is 0 Å². The van der Waals surface area contributed by atoms with E-state index in [4.69, 9.17) is 0 Å². The molecule has 1 rings (SSSR count). The van der Waals surface area contributed by atoms with Crippen molar-refractivity contribution in [2.45, 2.75) is 30.9 Å². The number of allylic oxidation sites excluding steroid dienone is 1. The van der Waals surface area contributed by atoms with E-state index in [-0.39, 0.29) is 11.7 Å². The van der Waals surface area contributed by atoms with Gasteiger partial charge in [0.2, 0.25) is 0 Å². The molecule has 0 N–H and O–H groups in total. The van der Waals surface area contributed by atoms with Gasteiger partial charge in [-0.1, -0.05) is 12.2 Å². The Bertz CT molecular complexity index is 303. The summed E-state index contributed by atoms with van der Waals surface area (Å²) in [6.07, 6.45) is 2.98. The molecule has 1 fully saturated rings. The lowest BCUT2D eigenvalue weighted by molar-refractivity contribution is -0.107. The van der Waals surface area contributed by atoms with Crippen LogP contribution in [0.3, 0.4) is 0 Å². The van der Waals surface area contributed by atoms with Crippen LogP contribution in [0.15, 0.2) is 12.2 Å². The second kappa shape index (κ2) is 4.05. The first-order valence-electron chi connectivity index (χ1n) is 4.38. The Morgan fingerprint density at radius 1 is 1.54 bits per heavy atom. The molecule has 1 unspecified atom stereocenters. The highest BCUT2D eigenvalue weighted by Gasteiger charge is 2.31. The second-order valence-corrected chi connectivity index (χ2v) is 5.86. The van der Waals surface area contributed by atoms with Crippen molar-refractivity contribution in [3.63, 3.8) is 0 Å². The van der Waals surface area contributed by atoms with Crippen molar-refractivity contribution in [1.82, 2.24) is 0 Å². The summed E-state index contributed by atoms with van der Waals surface area (Å²) in [5, 5.41) is -0.278. The van der Waals surface area contributed by atoms with Crippen molar-refractivity contribution < 1.29 is 13.2 Å². The minimum atomic E-state index is -2.88. The fraction of sp³-hybridized carbons (Fsp3) is 0.667. The molecule has 74 valence electrons. The Morgan fingerprint density at radius 2 is 2.23 bits per heavy atom. The highest BCUT2D eigenvalue weighted by Crippen LogP contribution is 2.25. The van der Waals surface area contributed by atoms with E-state index >= 15 is 0 Å². The molecule has 13 heavy (non-hydrogen) atoms. The van der Waals surface area contributed by atoms with E-state index in [2.05, 4.69) is 6.58 Å². The largest absolute Gasteiger partial charge is 0.303 e. The highest BCUT2D eigenvalue weighted by atomic mass is 32.2. The molecule has 1 heterocycles. The number of aldehydes is 1. The van der Waals surface area contributed by atoms with Crippen LogP contribution in [0.25, 0.3) is 0 Å². The van der Waals surface area contributed by atoms with Gasteiger partial charge >= 0.3 is 0 Å². The second-order valence-electron chi connectivity index (χ2n) is 3.46. The Balaban J connectivity index is 2.54. The van der Waals surface area contributed by atoms with Crippen LogP contribution >= 0.6 is 0 Å². The van der Waals surface area contributed by atoms with Crippen LogP contribution in [0.2, 0.25) is 0 Å². The Labute approximate surface area is 78.8 Å². The van der Waals surface area contributed by atoms with Crippen LogP contribution in [0.5, 0.6) is 0 Å². The standard InChI is InChI=1S/C9H14O3S/c1-8(4-5-10)7-9-3-2-6-13(9,11)12/h5,9H,1-4,6-7H2. The summed E-state index contributed by atoms with van der Waals surface area (Å²) in [6.45, 7) is 3.68. The molecule has 0 amide bonds. The molecule has 1 atom stereocenters. The molecule has 0 bridgehead atoms. The summed E-state index contributed by atoms with van der Waals surface area (Å²) in [7, 11) is -2.88. The molecular weight excluding hydrogens is 188 g/mol. The molecule has 1 aliphatic heterocycles. The topological polar surface area (TPSA) is 51.2 Å². The first-order chi connectivity index (χ1) is 6.06. The molecule has 1 saturated heterocycles. The number of rotatable bonds is 4. The van der Waals surface area contributed by atoms with Crippen molar-refractivity contribution in [3.8, 4) is 0 Å². The molecule has 0 aromatic carbocycles. The van der Waals surface area contributed by atoms with Crippen LogP contribution in [0.1, 0.15) is 25.7 Å². The Hall–Kier alpha value is -0.640. The van der Waals surface area contributed by atoms with Gasteiger partial charge in [-0.15, -0.1) is 0 Å². The van der Waals surface area contributed by atoms with Crippen LogP contribution in [-0.2, 0) is 14.6 Å². The maximum absolute atomic E-state index is 11.4. The maximum atomic E-state index is 11.4. The molecule has 0 aromatic rings. The maximum Gasteiger partial charge on any atom is 0.153 e. The summed E-state index contributed by atoms with van der Waals surface area (Å²) in [6, 6.07) is 0. The molecule has 0 aromatic heterocycles. The summed E-state index contributed by atoms with van der Waals surface area (Å²) < 4.78 is 22.7. The number of sulfone groups is 1. The molecule has 1 aliphatic rings. The molecule has 3 nitrogen and oxygen atoms in total. The predicted molar refractivity (Wildman–Crippen MR) is 51.2 cm³/mol. The van der Waals surface area contributed by atoms with Crippen molar-refractivity contribution >= 4 is 16.1 Å². The summed E-state index contributed by atoms with van der Waals surface area (Å²) in [4.78, 5) is 10.1. The fourth-order valence-electron chi connectivity index (χ4n) is 1.61. The molecule has 0 spiro atoms. The van der Waals surface area contributed by atoms with Crippen LogP contribution < -0.4 is 0 Å². The molecular formula is C9H14O3S. The van der Waals surface area contributed by atoms with E-state index in [1.807, 2.05) is 0 Å². The van der Waals surface area contributed by atoms with Crippen molar-refractivity contribution in [2.75, 3.05) is 5.75 Å². The van der Waals surface area contributed by atoms with E-state index in [0.717, 1.165) is 24.7 Å². The number of carbonyl (C=O) groups is 1. The lowest BCUT2D eigenvalue weighted by Crippen LogP contribution is -2.16. The van der Waals surface area contributed by atoms with Gasteiger partial charge in [-0.25, -0.2) is 8.42 Å². The van der Waals surface area contributed by atoms with Gasteiger partial charge in [0, 0.05) is 6.42 Å². The molecule has 0 saturated carbocycles. The summed E-state index contributed by atoms with van der Waals surface area (Å²) >= 11 is 0. The average Bonchev–Trinajstić information content (AvgIpc) is 2.31. The minimum Gasteiger partial charge on any atom is -0.303 e. The fourth-order valence-corrected chi connectivity index (χ4v) is 3.53. The van der Waals surface area contributed by atoms with Crippen LogP contribution in [0.4, 0.5) is 0 Å². The van der Waals surface area contributed by atoms with Gasteiger partial charge in [0.05, 0.1) is 11.0 Å². The quantitative estimate of drug-likeness (QED) is 0.506. The Morgan fingerprint density at radius 3 is 2.69 bits per heavy atom. The molecule has 4 heteroatoms. The first kappa shape index (κ1) is 10.4. The van der Waals surface area contributed by atoms with Gasteiger partial charge in [0.15, 0.2) is 9.84 Å². The van der Waals surface area contributed by atoms with E-state index in [1.54, 1.807) is 0 Å². The van der Waals surface area contributed by atoms with E-state index < -0.39 is 9.84 Å². The normalized spacial score (nSPS) is 25.7. The van der Waals surface area contributed by atoms with Gasteiger partial charge < -0.3 is 4.79 Å². The zero-order valence-corrected chi connectivity index (χ0v) is 8.35. The van der Waals surface area contributed by atoms with Gasteiger partial charge in [-0.3, -0.25) is 0 Å². The zero-order valence-electron chi connectivity index (χ0n) is 7.53. The van der Waals surface area contributed by atoms with Crippen molar-refractivity contribution in [2.24, 2.45) is 0 Å². The van der Waals surface area contributed by atoms with E-state index in [1.165, 1.54) is 0 Å². The monoisotopic (exact) mass is 202 g/mol. The molecule has 0 aliphatic carbocycles. The minimum absolute atomic E-state index is 0.278. The third kappa shape index (κ3) is 2.66. The first-order valence-corrected chi connectivity index (χ1v) is 6.09. The van der Waals surface area contributed by atoms with Gasteiger partial charge in [-0.05, 0) is 19.3 Å². The predicted octanol–water partition coefficient (Wildman–Crippen LogP) is 1.10. The Kier molecular flexibility index (Phi) is 3.25. The van der Waals surface area contributed by atoms with E-state index in [9.17, 15) is 13.2 Å². The smallest absolute Gasteiger partial charge is 0.153 e. The average molecular weight is 202 g/mol. The SMILES string of the molecule is C=C(CC=O)CC1CCCS1(=O)=O. The van der Waals surface area contributed by atoms with E-state index in [0.29, 0.717) is 12.2 Å². The zero-order chi connectivity index (χ0) is 9.90. The lowest BCUT2D eigenvalue weighted by atomic mass is 10.1. The third-order valence-corrected chi connectivity index (χ3v) is 4.63. The van der Waals surface area contributed by atoms with Crippen LogP contribution in [-0.4, -0.2) is 25.7 Å². The van der Waals surface area contributed by atoms with Crippen molar-refractivity contribution in [1.29, 1.82) is 0 Å². The third-order valence-electron chi connectivity index (χ3n) is 2.35. The highest BCUT2D eigenvalue weighted by molar-refractivity contribution is 7.92. The molecule has 0 radical (unpaired) electrons. The van der Waals surface area contributed by atoms with Crippen LogP contribution in [0, 0.1) is 0 Å². The van der Waals surface area contributed by atoms with Gasteiger partial charge in [0.1, 0.15) is 6.29 Å². The number of hydrogen-bond acceptors (Lipinski definition) is 3. The summed E-state index contributed by atoms with van der Waals surface area (Å²) in [5.74, 6) is 0.298. The lowest BCUT2D eigenvalue weighted by Gasteiger charge is -2.08. The summed E-state index contributed by atoms with van der Waals surface area (Å²) in [5.41, 5.74) is 0.727.